The molecule has 2 nitrogen and oxygen atoms in total. The lowest BCUT2D eigenvalue weighted by Crippen LogP contribution is -1.97. The summed E-state index contributed by atoms with van der Waals surface area (Å²) in [6.45, 7) is 0.453. The van der Waals surface area contributed by atoms with Crippen molar-refractivity contribution in [2.45, 2.75) is 13.2 Å². The highest BCUT2D eigenvalue weighted by Gasteiger charge is 1.98. The van der Waals surface area contributed by atoms with Gasteiger partial charge in [-0.15, -0.1) is 0 Å². The quantitative estimate of drug-likeness (QED) is 0.705. The van der Waals surface area contributed by atoms with Gasteiger partial charge >= 0.3 is 0 Å². The molecule has 0 fully saturated rings. The molecular formula is C8H10ClNO. The van der Waals surface area contributed by atoms with Crippen LogP contribution in [0.3, 0.4) is 0 Å². The molecule has 0 unspecified atom stereocenters. The van der Waals surface area contributed by atoms with Gasteiger partial charge in [-0.05, 0) is 17.2 Å². The van der Waals surface area contributed by atoms with Crippen LogP contribution in [0.2, 0.25) is 5.02 Å². The third-order valence-electron chi connectivity index (χ3n) is 1.52. The first-order chi connectivity index (χ1) is 5.27. The fourth-order valence-electron chi connectivity index (χ4n) is 0.855. The van der Waals surface area contributed by atoms with Crippen LogP contribution in [0.15, 0.2) is 18.2 Å². The van der Waals surface area contributed by atoms with Gasteiger partial charge in [0.2, 0.25) is 0 Å². The second-order valence-electron chi connectivity index (χ2n) is 2.29. The maximum absolute atomic E-state index is 8.74. The van der Waals surface area contributed by atoms with Gasteiger partial charge in [0.1, 0.15) is 0 Å². The molecule has 0 aliphatic rings. The molecule has 3 heteroatoms. The Bertz CT molecular complexity index is 250. The zero-order chi connectivity index (χ0) is 8.27. The highest BCUT2D eigenvalue weighted by molar-refractivity contribution is 6.31. The third-order valence-corrected chi connectivity index (χ3v) is 1.87. The second kappa shape index (κ2) is 3.72. The second-order valence-corrected chi connectivity index (χ2v) is 2.70. The third kappa shape index (κ3) is 1.93. The summed E-state index contributed by atoms with van der Waals surface area (Å²) < 4.78 is 0. The highest BCUT2D eigenvalue weighted by Crippen LogP contribution is 2.16. The van der Waals surface area contributed by atoms with Crippen molar-refractivity contribution in [1.82, 2.24) is 0 Å². The van der Waals surface area contributed by atoms with Crippen LogP contribution in [-0.4, -0.2) is 5.11 Å². The Balaban J connectivity index is 2.99. The average molecular weight is 172 g/mol. The van der Waals surface area contributed by atoms with Crippen LogP contribution in [0.1, 0.15) is 11.1 Å². The fraction of sp³-hybridized carbons (Fsp3) is 0.250. The molecule has 0 radical (unpaired) electrons. The highest BCUT2D eigenvalue weighted by atomic mass is 35.5. The van der Waals surface area contributed by atoms with Crippen LogP contribution < -0.4 is 5.73 Å². The van der Waals surface area contributed by atoms with E-state index in [1.807, 2.05) is 12.1 Å². The van der Waals surface area contributed by atoms with E-state index in [-0.39, 0.29) is 6.61 Å². The van der Waals surface area contributed by atoms with E-state index in [2.05, 4.69) is 0 Å². The molecule has 0 aliphatic heterocycles. The minimum atomic E-state index is 0.0184. The van der Waals surface area contributed by atoms with E-state index in [1.54, 1.807) is 6.07 Å². The number of benzene rings is 1. The normalized spacial score (nSPS) is 10.1. The van der Waals surface area contributed by atoms with E-state index in [9.17, 15) is 0 Å². The number of halogens is 1. The predicted octanol–water partition coefficient (Wildman–Crippen LogP) is 1.29. The van der Waals surface area contributed by atoms with Gasteiger partial charge in [0.15, 0.2) is 0 Å². The van der Waals surface area contributed by atoms with E-state index in [0.717, 1.165) is 11.1 Å². The Morgan fingerprint density at radius 2 is 2.18 bits per heavy atom. The predicted molar refractivity (Wildman–Crippen MR) is 45.3 cm³/mol. The summed E-state index contributed by atoms with van der Waals surface area (Å²) in [5.41, 5.74) is 7.11. The molecular weight excluding hydrogens is 162 g/mol. The van der Waals surface area contributed by atoms with Crippen molar-refractivity contribution in [2.24, 2.45) is 5.73 Å². The van der Waals surface area contributed by atoms with Crippen molar-refractivity contribution in [1.29, 1.82) is 0 Å². The van der Waals surface area contributed by atoms with E-state index in [0.29, 0.717) is 11.6 Å². The number of nitrogens with two attached hydrogens (primary N) is 1. The molecule has 1 aromatic rings. The maximum atomic E-state index is 8.74. The molecule has 0 saturated heterocycles. The summed E-state index contributed by atoms with van der Waals surface area (Å²) in [6.07, 6.45) is 0. The SMILES string of the molecule is NCc1ccc(CO)cc1Cl. The summed E-state index contributed by atoms with van der Waals surface area (Å²) in [7, 11) is 0. The number of hydrogen-bond donors (Lipinski definition) is 2. The van der Waals surface area contributed by atoms with E-state index in [1.165, 1.54) is 0 Å². The molecule has 0 heterocycles. The van der Waals surface area contributed by atoms with Gasteiger partial charge in [-0.25, -0.2) is 0 Å². The van der Waals surface area contributed by atoms with Crippen molar-refractivity contribution >= 4 is 11.6 Å². The summed E-state index contributed by atoms with van der Waals surface area (Å²) in [5, 5.41) is 9.36. The van der Waals surface area contributed by atoms with E-state index in [4.69, 9.17) is 22.4 Å². The Morgan fingerprint density at radius 3 is 2.64 bits per heavy atom. The molecule has 0 aliphatic carbocycles. The van der Waals surface area contributed by atoms with Crippen molar-refractivity contribution < 1.29 is 5.11 Å². The summed E-state index contributed by atoms with van der Waals surface area (Å²) >= 11 is 5.82. The first-order valence-corrected chi connectivity index (χ1v) is 3.74. The molecule has 3 N–H and O–H groups in total. The van der Waals surface area contributed by atoms with Crippen LogP contribution in [0.4, 0.5) is 0 Å². The lowest BCUT2D eigenvalue weighted by molar-refractivity contribution is 0.282. The number of aliphatic hydroxyl groups excluding tert-OH is 1. The Morgan fingerprint density at radius 1 is 1.45 bits per heavy atom. The zero-order valence-electron chi connectivity index (χ0n) is 6.05. The van der Waals surface area contributed by atoms with Crippen LogP contribution in [0.25, 0.3) is 0 Å². The maximum Gasteiger partial charge on any atom is 0.0682 e. The van der Waals surface area contributed by atoms with Crippen LogP contribution in [-0.2, 0) is 13.2 Å². The lowest BCUT2D eigenvalue weighted by Gasteiger charge is -2.01. The fourth-order valence-corrected chi connectivity index (χ4v) is 1.14. The Kier molecular flexibility index (Phi) is 2.88. The van der Waals surface area contributed by atoms with Crippen LogP contribution >= 0.6 is 11.6 Å². The Labute approximate surface area is 70.6 Å². The molecule has 0 bridgehead atoms. The molecule has 0 atom stereocenters. The van der Waals surface area contributed by atoms with Gasteiger partial charge in [0, 0.05) is 11.6 Å². The van der Waals surface area contributed by atoms with Gasteiger partial charge in [0.05, 0.1) is 6.61 Å². The van der Waals surface area contributed by atoms with Gasteiger partial charge in [0.25, 0.3) is 0 Å². The van der Waals surface area contributed by atoms with Gasteiger partial charge in [-0.1, -0.05) is 23.7 Å². The van der Waals surface area contributed by atoms with Gasteiger partial charge < -0.3 is 10.8 Å². The van der Waals surface area contributed by atoms with Gasteiger partial charge in [-0.3, -0.25) is 0 Å². The van der Waals surface area contributed by atoms with Crippen molar-refractivity contribution in [2.75, 3.05) is 0 Å². The van der Waals surface area contributed by atoms with Crippen molar-refractivity contribution in [3.63, 3.8) is 0 Å². The molecule has 1 rings (SSSR count). The molecule has 0 aromatic heterocycles. The molecule has 0 saturated carbocycles. The average Bonchev–Trinajstić information content (AvgIpc) is 2.04. The van der Waals surface area contributed by atoms with Crippen LogP contribution in [0, 0.1) is 0 Å². The number of aliphatic hydroxyl groups is 1. The Hall–Kier alpha value is -0.570. The summed E-state index contributed by atoms with van der Waals surface area (Å²) in [5.74, 6) is 0. The first kappa shape index (κ1) is 8.53. The largest absolute Gasteiger partial charge is 0.392 e. The zero-order valence-corrected chi connectivity index (χ0v) is 6.80. The first-order valence-electron chi connectivity index (χ1n) is 3.36. The van der Waals surface area contributed by atoms with Crippen molar-refractivity contribution in [3.05, 3.63) is 34.3 Å². The number of hydrogen-bond acceptors (Lipinski definition) is 2. The standard InChI is InChI=1S/C8H10ClNO/c9-8-3-6(5-11)1-2-7(8)4-10/h1-3,11H,4-5,10H2. The van der Waals surface area contributed by atoms with E-state index < -0.39 is 0 Å². The van der Waals surface area contributed by atoms with Crippen molar-refractivity contribution in [3.8, 4) is 0 Å². The topological polar surface area (TPSA) is 46.2 Å². The number of rotatable bonds is 2. The summed E-state index contributed by atoms with van der Waals surface area (Å²) in [6, 6.07) is 5.37. The monoisotopic (exact) mass is 171 g/mol. The lowest BCUT2D eigenvalue weighted by atomic mass is 10.1. The molecule has 11 heavy (non-hydrogen) atoms. The van der Waals surface area contributed by atoms with Crippen LogP contribution in [0.5, 0.6) is 0 Å². The minimum Gasteiger partial charge on any atom is -0.392 e. The molecule has 0 amide bonds. The molecule has 60 valence electrons. The summed E-state index contributed by atoms with van der Waals surface area (Å²) in [4.78, 5) is 0. The van der Waals surface area contributed by atoms with E-state index >= 15 is 0 Å². The molecule has 0 spiro atoms. The molecule has 1 aromatic carbocycles. The van der Waals surface area contributed by atoms with Gasteiger partial charge in [-0.2, -0.15) is 0 Å². The smallest absolute Gasteiger partial charge is 0.0682 e. The minimum absolute atomic E-state index is 0.0184.